The molecule has 10 heteroatoms. The van der Waals surface area contributed by atoms with Gasteiger partial charge >= 0.3 is 5.97 Å². The topological polar surface area (TPSA) is 112 Å². The second-order valence-corrected chi connectivity index (χ2v) is 6.39. The Labute approximate surface area is 184 Å². The molecule has 0 atom stereocenters. The van der Waals surface area contributed by atoms with Crippen molar-refractivity contribution in [2.24, 2.45) is 0 Å². The van der Waals surface area contributed by atoms with Gasteiger partial charge in [-0.3, -0.25) is 20.4 Å². The zero-order chi connectivity index (χ0) is 22.8. The number of hydrazine groups is 1. The third-order valence-electron chi connectivity index (χ3n) is 3.84. The zero-order valence-corrected chi connectivity index (χ0v) is 18.1. The molecule has 166 valence electrons. The van der Waals surface area contributed by atoms with Crippen molar-refractivity contribution in [1.82, 2.24) is 10.9 Å². The van der Waals surface area contributed by atoms with Crippen molar-refractivity contribution in [3.05, 3.63) is 52.5 Å². The maximum Gasteiger partial charge on any atom is 0.338 e. The van der Waals surface area contributed by atoms with Crippen LogP contribution in [0, 0.1) is 0 Å². The quantitative estimate of drug-likeness (QED) is 0.446. The summed E-state index contributed by atoms with van der Waals surface area (Å²) >= 11 is 5.88. The number of carbonyl (C=O) groups excluding carboxylic acids is 3. The van der Waals surface area contributed by atoms with Crippen molar-refractivity contribution in [1.29, 1.82) is 0 Å². The highest BCUT2D eigenvalue weighted by molar-refractivity contribution is 6.31. The van der Waals surface area contributed by atoms with Crippen LogP contribution in [0.15, 0.2) is 36.4 Å². The van der Waals surface area contributed by atoms with E-state index in [0.717, 1.165) is 0 Å². The molecule has 0 radical (unpaired) electrons. The highest BCUT2D eigenvalue weighted by Gasteiger charge is 2.16. The molecular formula is C21H23ClN2O7. The SMILES string of the molecule is CCOc1ccc(C(=O)OCC(=O)NNC(=O)c2cc(Cl)ccc2OC)cc1OCC. The number of rotatable bonds is 9. The molecule has 0 aliphatic carbocycles. The Kier molecular flexibility index (Phi) is 8.95. The standard InChI is InChI=1S/C21H23ClN2O7/c1-4-29-17-8-6-13(10-18(17)30-5-2)21(27)31-12-19(25)23-24-20(26)15-11-14(22)7-9-16(15)28-3/h6-11H,4-5,12H2,1-3H3,(H,23,25)(H,24,26). The van der Waals surface area contributed by atoms with Crippen molar-refractivity contribution >= 4 is 29.4 Å². The smallest absolute Gasteiger partial charge is 0.338 e. The van der Waals surface area contributed by atoms with E-state index in [9.17, 15) is 14.4 Å². The molecule has 2 rings (SSSR count). The summed E-state index contributed by atoms with van der Waals surface area (Å²) in [5.41, 5.74) is 4.68. The van der Waals surface area contributed by atoms with Crippen LogP contribution in [0.3, 0.4) is 0 Å². The molecular weight excluding hydrogens is 428 g/mol. The Morgan fingerprint density at radius 3 is 2.26 bits per heavy atom. The van der Waals surface area contributed by atoms with Gasteiger partial charge in [-0.05, 0) is 50.2 Å². The fourth-order valence-corrected chi connectivity index (χ4v) is 2.65. The fraction of sp³-hybridized carbons (Fsp3) is 0.286. The molecule has 0 aliphatic heterocycles. The predicted octanol–water partition coefficient (Wildman–Crippen LogP) is 2.76. The number of amides is 2. The Balaban J connectivity index is 1.91. The first-order valence-electron chi connectivity index (χ1n) is 9.39. The third-order valence-corrected chi connectivity index (χ3v) is 4.07. The summed E-state index contributed by atoms with van der Waals surface area (Å²) in [6.07, 6.45) is 0. The van der Waals surface area contributed by atoms with E-state index in [4.69, 9.17) is 30.5 Å². The van der Waals surface area contributed by atoms with Gasteiger partial charge in [0.25, 0.3) is 11.8 Å². The molecule has 0 spiro atoms. The lowest BCUT2D eigenvalue weighted by atomic mass is 10.2. The summed E-state index contributed by atoms with van der Waals surface area (Å²) in [5.74, 6) is -0.945. The largest absolute Gasteiger partial charge is 0.496 e. The number of benzene rings is 2. The monoisotopic (exact) mass is 450 g/mol. The molecule has 0 saturated heterocycles. The molecule has 0 heterocycles. The van der Waals surface area contributed by atoms with Gasteiger partial charge in [-0.1, -0.05) is 11.6 Å². The van der Waals surface area contributed by atoms with Crippen LogP contribution >= 0.6 is 11.6 Å². The number of halogens is 1. The van der Waals surface area contributed by atoms with Crippen molar-refractivity contribution in [3.63, 3.8) is 0 Å². The normalized spacial score (nSPS) is 10.1. The van der Waals surface area contributed by atoms with Crippen LogP contribution in [0.4, 0.5) is 0 Å². The van der Waals surface area contributed by atoms with Crippen LogP contribution in [0.25, 0.3) is 0 Å². The van der Waals surface area contributed by atoms with Gasteiger partial charge in [0.2, 0.25) is 0 Å². The van der Waals surface area contributed by atoms with Crippen LogP contribution in [0.2, 0.25) is 5.02 Å². The van der Waals surface area contributed by atoms with Gasteiger partial charge < -0.3 is 18.9 Å². The molecule has 0 aliphatic rings. The molecule has 2 N–H and O–H groups in total. The summed E-state index contributed by atoms with van der Waals surface area (Å²) in [4.78, 5) is 36.4. The van der Waals surface area contributed by atoms with Crippen molar-refractivity contribution in [2.75, 3.05) is 26.9 Å². The van der Waals surface area contributed by atoms with Crippen LogP contribution in [-0.4, -0.2) is 44.7 Å². The van der Waals surface area contributed by atoms with E-state index in [-0.39, 0.29) is 16.9 Å². The Bertz CT molecular complexity index is 949. The van der Waals surface area contributed by atoms with Crippen LogP contribution < -0.4 is 25.1 Å². The number of hydrogen-bond donors (Lipinski definition) is 2. The highest BCUT2D eigenvalue weighted by Crippen LogP contribution is 2.28. The Hall–Kier alpha value is -3.46. The molecule has 31 heavy (non-hydrogen) atoms. The fourth-order valence-electron chi connectivity index (χ4n) is 2.48. The Morgan fingerprint density at radius 1 is 0.903 bits per heavy atom. The van der Waals surface area contributed by atoms with Crippen molar-refractivity contribution < 1.29 is 33.3 Å². The van der Waals surface area contributed by atoms with Gasteiger partial charge in [0.15, 0.2) is 18.1 Å². The number of methoxy groups -OCH3 is 1. The van der Waals surface area contributed by atoms with E-state index in [1.807, 2.05) is 6.92 Å². The number of esters is 1. The summed E-state index contributed by atoms with van der Waals surface area (Å²) in [5, 5.41) is 0.327. The second-order valence-electron chi connectivity index (χ2n) is 5.95. The second kappa shape index (κ2) is 11.7. The summed E-state index contributed by atoms with van der Waals surface area (Å²) in [7, 11) is 1.40. The molecule has 0 aromatic heterocycles. The van der Waals surface area contributed by atoms with E-state index in [1.54, 1.807) is 19.1 Å². The number of carbonyl (C=O) groups is 3. The molecule has 0 fully saturated rings. The lowest BCUT2D eigenvalue weighted by Crippen LogP contribution is -2.43. The minimum atomic E-state index is -0.737. The molecule has 2 aromatic rings. The first-order chi connectivity index (χ1) is 14.9. The summed E-state index contributed by atoms with van der Waals surface area (Å²) < 4.78 is 21.0. The first-order valence-corrected chi connectivity index (χ1v) is 9.76. The van der Waals surface area contributed by atoms with E-state index in [2.05, 4.69) is 10.9 Å². The molecule has 2 aromatic carbocycles. The van der Waals surface area contributed by atoms with E-state index in [0.29, 0.717) is 29.7 Å². The summed E-state index contributed by atoms with van der Waals surface area (Å²) in [6.45, 7) is 3.86. The first kappa shape index (κ1) is 23.8. The van der Waals surface area contributed by atoms with Gasteiger partial charge in [0, 0.05) is 5.02 Å². The lowest BCUT2D eigenvalue weighted by molar-refractivity contribution is -0.125. The third kappa shape index (κ3) is 6.78. The average Bonchev–Trinajstić information content (AvgIpc) is 2.77. The predicted molar refractivity (Wildman–Crippen MR) is 113 cm³/mol. The van der Waals surface area contributed by atoms with Gasteiger partial charge in [0.1, 0.15) is 5.75 Å². The minimum absolute atomic E-state index is 0.130. The van der Waals surface area contributed by atoms with E-state index >= 15 is 0 Å². The lowest BCUT2D eigenvalue weighted by Gasteiger charge is -2.12. The number of ether oxygens (including phenoxy) is 4. The molecule has 0 unspecified atom stereocenters. The highest BCUT2D eigenvalue weighted by atomic mass is 35.5. The van der Waals surface area contributed by atoms with Crippen molar-refractivity contribution in [3.8, 4) is 17.2 Å². The molecule has 0 saturated carbocycles. The van der Waals surface area contributed by atoms with Crippen molar-refractivity contribution in [2.45, 2.75) is 13.8 Å². The maximum atomic E-state index is 12.2. The summed E-state index contributed by atoms with van der Waals surface area (Å²) in [6, 6.07) is 9.04. The Morgan fingerprint density at radius 2 is 1.58 bits per heavy atom. The molecule has 0 bridgehead atoms. The molecule has 2 amide bonds. The van der Waals surface area contributed by atoms with Crippen LogP contribution in [0.5, 0.6) is 17.2 Å². The maximum absolute atomic E-state index is 12.2. The van der Waals surface area contributed by atoms with Gasteiger partial charge in [-0.2, -0.15) is 0 Å². The van der Waals surface area contributed by atoms with Gasteiger partial charge in [-0.15, -0.1) is 0 Å². The zero-order valence-electron chi connectivity index (χ0n) is 17.3. The number of hydrogen-bond acceptors (Lipinski definition) is 7. The van der Waals surface area contributed by atoms with E-state index < -0.39 is 24.4 Å². The van der Waals surface area contributed by atoms with Gasteiger partial charge in [-0.25, -0.2) is 4.79 Å². The average molecular weight is 451 g/mol. The minimum Gasteiger partial charge on any atom is -0.496 e. The van der Waals surface area contributed by atoms with E-state index in [1.165, 1.54) is 31.4 Å². The van der Waals surface area contributed by atoms with Gasteiger partial charge in [0.05, 0.1) is 31.5 Å². The van der Waals surface area contributed by atoms with Crippen LogP contribution in [0.1, 0.15) is 34.6 Å². The number of nitrogens with one attached hydrogen (secondary N) is 2. The van der Waals surface area contributed by atoms with Crippen LogP contribution in [-0.2, 0) is 9.53 Å². The molecule has 9 nitrogen and oxygen atoms in total.